The maximum Gasteiger partial charge on any atom is 0.251 e. The number of hydrogen-bond donors (Lipinski definition) is 1. The van der Waals surface area contributed by atoms with Gasteiger partial charge in [0.05, 0.1) is 5.02 Å². The normalized spacial score (nSPS) is 15.8. The molecule has 0 spiro atoms. The van der Waals surface area contributed by atoms with Crippen molar-refractivity contribution in [3.8, 4) is 0 Å². The predicted octanol–water partition coefficient (Wildman–Crippen LogP) is 3.16. The molecule has 1 saturated heterocycles. The lowest BCUT2D eigenvalue weighted by Crippen LogP contribution is -2.32. The zero-order valence-electron chi connectivity index (χ0n) is 16.3. The van der Waals surface area contributed by atoms with E-state index in [-0.39, 0.29) is 21.4 Å². The first kappa shape index (κ1) is 22.1. The summed E-state index contributed by atoms with van der Waals surface area (Å²) in [6, 6.07) is 4.40. The maximum absolute atomic E-state index is 13.1. The number of amides is 1. The largest absolute Gasteiger partial charge is 0.351 e. The summed E-state index contributed by atoms with van der Waals surface area (Å²) in [5.74, 6) is 0.331. The SMILES string of the molecule is Cn1ccnc1SCCNC(=O)c1ccc(Cl)c(S(=O)(=O)N2CCCCCC2)c1. The molecule has 7 nitrogen and oxygen atoms in total. The smallest absolute Gasteiger partial charge is 0.251 e. The molecule has 158 valence electrons. The Hall–Kier alpha value is -1.55. The van der Waals surface area contributed by atoms with Crippen LogP contribution in [0.15, 0.2) is 40.6 Å². The number of aromatic nitrogens is 2. The molecule has 0 saturated carbocycles. The highest BCUT2D eigenvalue weighted by Crippen LogP contribution is 2.27. The van der Waals surface area contributed by atoms with E-state index in [1.807, 2.05) is 17.8 Å². The van der Waals surface area contributed by atoms with Gasteiger partial charge < -0.3 is 9.88 Å². The Labute approximate surface area is 180 Å². The minimum absolute atomic E-state index is 0.00361. The van der Waals surface area contributed by atoms with Crippen molar-refractivity contribution in [1.82, 2.24) is 19.2 Å². The van der Waals surface area contributed by atoms with Crippen LogP contribution in [0.25, 0.3) is 0 Å². The second-order valence-electron chi connectivity index (χ2n) is 6.89. The van der Waals surface area contributed by atoms with Gasteiger partial charge in [-0.05, 0) is 31.0 Å². The number of hydrogen-bond acceptors (Lipinski definition) is 5. The highest BCUT2D eigenvalue weighted by molar-refractivity contribution is 7.99. The van der Waals surface area contributed by atoms with Crippen LogP contribution in [-0.4, -0.2) is 53.6 Å². The van der Waals surface area contributed by atoms with Gasteiger partial charge in [-0.15, -0.1) is 0 Å². The molecular weight excluding hydrogens is 432 g/mol. The number of nitrogens with one attached hydrogen (secondary N) is 1. The number of carbonyl (C=O) groups excluding carboxylic acids is 1. The summed E-state index contributed by atoms with van der Waals surface area (Å²) in [6.07, 6.45) is 7.31. The van der Waals surface area contributed by atoms with Gasteiger partial charge in [-0.3, -0.25) is 4.79 Å². The van der Waals surface area contributed by atoms with Crippen molar-refractivity contribution in [2.75, 3.05) is 25.4 Å². The Balaban J connectivity index is 1.66. The van der Waals surface area contributed by atoms with Crippen LogP contribution in [0.5, 0.6) is 0 Å². The van der Waals surface area contributed by atoms with E-state index in [0.717, 1.165) is 30.8 Å². The summed E-state index contributed by atoms with van der Waals surface area (Å²) in [5.41, 5.74) is 0.282. The number of rotatable bonds is 7. The summed E-state index contributed by atoms with van der Waals surface area (Å²) in [5, 5.41) is 3.83. The van der Waals surface area contributed by atoms with E-state index in [4.69, 9.17) is 11.6 Å². The van der Waals surface area contributed by atoms with Crippen LogP contribution in [0.2, 0.25) is 5.02 Å². The monoisotopic (exact) mass is 456 g/mol. The minimum atomic E-state index is -3.73. The number of benzene rings is 1. The van der Waals surface area contributed by atoms with E-state index in [1.165, 1.54) is 28.2 Å². The third-order valence-corrected chi connectivity index (χ3v) is 8.21. The van der Waals surface area contributed by atoms with Crippen LogP contribution >= 0.6 is 23.4 Å². The van der Waals surface area contributed by atoms with Crippen molar-refractivity contribution in [2.24, 2.45) is 7.05 Å². The van der Waals surface area contributed by atoms with Crippen LogP contribution in [0.3, 0.4) is 0 Å². The maximum atomic E-state index is 13.1. The van der Waals surface area contributed by atoms with Gasteiger partial charge in [0.1, 0.15) is 4.90 Å². The van der Waals surface area contributed by atoms with Gasteiger partial charge in [-0.25, -0.2) is 13.4 Å². The number of aryl methyl sites for hydroxylation is 1. The fourth-order valence-corrected chi connectivity index (χ4v) is 5.97. The van der Waals surface area contributed by atoms with E-state index < -0.39 is 10.0 Å². The van der Waals surface area contributed by atoms with Crippen molar-refractivity contribution >= 4 is 39.3 Å². The highest BCUT2D eigenvalue weighted by Gasteiger charge is 2.28. The van der Waals surface area contributed by atoms with E-state index in [0.29, 0.717) is 25.4 Å². The number of halogens is 1. The molecule has 1 N–H and O–H groups in total. The van der Waals surface area contributed by atoms with Crippen LogP contribution < -0.4 is 5.32 Å². The first-order chi connectivity index (χ1) is 13.9. The van der Waals surface area contributed by atoms with Crippen molar-refractivity contribution in [3.05, 3.63) is 41.2 Å². The molecule has 0 unspecified atom stereocenters. The molecule has 0 radical (unpaired) electrons. The third kappa shape index (κ3) is 5.53. The topological polar surface area (TPSA) is 84.3 Å². The number of thioether (sulfide) groups is 1. The molecule has 1 aliphatic heterocycles. The summed E-state index contributed by atoms with van der Waals surface area (Å²) >= 11 is 7.73. The van der Waals surface area contributed by atoms with Crippen molar-refractivity contribution in [2.45, 2.75) is 35.7 Å². The van der Waals surface area contributed by atoms with Gasteiger partial charge in [0, 0.05) is 50.4 Å². The molecule has 29 heavy (non-hydrogen) atoms. The zero-order chi connectivity index (χ0) is 20.9. The number of nitrogens with zero attached hydrogens (tertiary/aromatic N) is 3. The minimum Gasteiger partial charge on any atom is -0.351 e. The fourth-order valence-electron chi connectivity index (χ4n) is 3.16. The van der Waals surface area contributed by atoms with Crippen molar-refractivity contribution in [3.63, 3.8) is 0 Å². The lowest BCUT2D eigenvalue weighted by Gasteiger charge is -2.21. The van der Waals surface area contributed by atoms with Gasteiger partial charge in [0.15, 0.2) is 5.16 Å². The van der Waals surface area contributed by atoms with Gasteiger partial charge in [0.25, 0.3) is 5.91 Å². The Morgan fingerprint density at radius 2 is 1.97 bits per heavy atom. The molecule has 1 amide bonds. The highest BCUT2D eigenvalue weighted by atomic mass is 35.5. The molecule has 10 heteroatoms. The Morgan fingerprint density at radius 3 is 2.62 bits per heavy atom. The molecule has 1 aromatic carbocycles. The first-order valence-corrected chi connectivity index (χ1v) is 12.4. The predicted molar refractivity (Wildman–Crippen MR) is 115 cm³/mol. The van der Waals surface area contributed by atoms with E-state index in [2.05, 4.69) is 10.3 Å². The van der Waals surface area contributed by atoms with E-state index in [1.54, 1.807) is 12.3 Å². The summed E-state index contributed by atoms with van der Waals surface area (Å²) in [4.78, 5) is 16.7. The average Bonchev–Trinajstić information content (AvgIpc) is 2.93. The lowest BCUT2D eigenvalue weighted by atomic mass is 10.2. The standard InChI is InChI=1S/C19H25ClN4O3S2/c1-23-12-8-22-19(23)28-13-9-21-18(25)15-6-7-16(20)17(14-15)29(26,27)24-10-4-2-3-5-11-24/h6-8,12,14H,2-5,9-11,13H2,1H3,(H,21,25). The Bertz CT molecular complexity index is 954. The van der Waals surface area contributed by atoms with Gasteiger partial charge in [-0.1, -0.05) is 36.2 Å². The van der Waals surface area contributed by atoms with Crippen LogP contribution in [0.1, 0.15) is 36.0 Å². The number of sulfonamides is 1. The fraction of sp³-hybridized carbons (Fsp3) is 0.474. The molecule has 3 rings (SSSR count). The molecule has 0 aliphatic carbocycles. The van der Waals surface area contributed by atoms with Crippen LogP contribution in [0.4, 0.5) is 0 Å². The van der Waals surface area contributed by atoms with Crippen LogP contribution in [0, 0.1) is 0 Å². The molecule has 2 aromatic rings. The molecule has 2 heterocycles. The Morgan fingerprint density at radius 1 is 1.24 bits per heavy atom. The van der Waals surface area contributed by atoms with Gasteiger partial charge in [0.2, 0.25) is 10.0 Å². The van der Waals surface area contributed by atoms with Gasteiger partial charge >= 0.3 is 0 Å². The number of carbonyl (C=O) groups is 1. The zero-order valence-corrected chi connectivity index (χ0v) is 18.7. The first-order valence-electron chi connectivity index (χ1n) is 9.57. The summed E-state index contributed by atoms with van der Waals surface area (Å²) < 4.78 is 29.5. The van der Waals surface area contributed by atoms with E-state index >= 15 is 0 Å². The lowest BCUT2D eigenvalue weighted by molar-refractivity contribution is 0.0956. The molecular formula is C19H25ClN4O3S2. The molecule has 0 bridgehead atoms. The molecule has 1 aromatic heterocycles. The second-order valence-corrected chi connectivity index (χ2v) is 10.3. The molecule has 0 atom stereocenters. The van der Waals surface area contributed by atoms with Crippen LogP contribution in [-0.2, 0) is 17.1 Å². The van der Waals surface area contributed by atoms with Crippen molar-refractivity contribution in [1.29, 1.82) is 0 Å². The molecule has 1 aliphatic rings. The third-order valence-electron chi connectivity index (χ3n) is 4.77. The molecule has 1 fully saturated rings. The summed E-state index contributed by atoms with van der Waals surface area (Å²) in [7, 11) is -1.81. The van der Waals surface area contributed by atoms with Gasteiger partial charge in [-0.2, -0.15) is 4.31 Å². The Kier molecular flexibility index (Phi) is 7.61. The average molecular weight is 457 g/mol. The van der Waals surface area contributed by atoms with E-state index in [9.17, 15) is 13.2 Å². The van der Waals surface area contributed by atoms with Crippen molar-refractivity contribution < 1.29 is 13.2 Å². The number of imidazole rings is 1. The second kappa shape index (κ2) is 9.97. The summed E-state index contributed by atoms with van der Waals surface area (Å²) in [6.45, 7) is 1.41. The quantitative estimate of drug-likeness (QED) is 0.511.